The van der Waals surface area contributed by atoms with Crippen molar-refractivity contribution in [3.05, 3.63) is 23.3 Å². The van der Waals surface area contributed by atoms with Crippen molar-refractivity contribution in [2.24, 2.45) is 17.0 Å². The van der Waals surface area contributed by atoms with Crippen LogP contribution in [0.4, 0.5) is 0 Å². The Bertz CT molecular complexity index is 748. The number of rotatable bonds is 4. The van der Waals surface area contributed by atoms with Crippen LogP contribution in [0.15, 0.2) is 17.3 Å². The van der Waals surface area contributed by atoms with Gasteiger partial charge in [0, 0.05) is 30.4 Å². The smallest absolute Gasteiger partial charge is 0.165 e. The van der Waals surface area contributed by atoms with Crippen molar-refractivity contribution in [3.63, 3.8) is 0 Å². The average molecular weight is 345 g/mol. The highest BCUT2D eigenvalue weighted by Crippen LogP contribution is 2.67. The first-order valence-corrected chi connectivity index (χ1v) is 8.93. The van der Waals surface area contributed by atoms with Gasteiger partial charge in [0.1, 0.15) is 12.9 Å². The van der Waals surface area contributed by atoms with Crippen LogP contribution in [0.2, 0.25) is 0 Å². The molecule has 0 amide bonds. The Labute approximate surface area is 146 Å². The highest BCUT2D eigenvalue weighted by atomic mass is 16.7. The van der Waals surface area contributed by atoms with Gasteiger partial charge in [0.2, 0.25) is 0 Å². The molecule has 25 heavy (non-hydrogen) atoms. The molecule has 4 aliphatic rings. The first-order valence-electron chi connectivity index (χ1n) is 8.93. The van der Waals surface area contributed by atoms with Crippen molar-refractivity contribution < 1.29 is 24.2 Å². The minimum atomic E-state index is -0.166. The van der Waals surface area contributed by atoms with Crippen LogP contribution < -0.4 is 9.47 Å². The Morgan fingerprint density at radius 2 is 2.20 bits per heavy atom. The number of oxime groups is 1. The molecular formula is C19H23NO5. The summed E-state index contributed by atoms with van der Waals surface area (Å²) in [6.07, 6.45) is 3.52. The lowest BCUT2D eigenvalue weighted by atomic mass is 9.57. The van der Waals surface area contributed by atoms with E-state index in [2.05, 4.69) is 11.2 Å². The third-order valence-electron chi connectivity index (χ3n) is 6.76. The van der Waals surface area contributed by atoms with E-state index in [-0.39, 0.29) is 24.4 Å². The Balaban J connectivity index is 1.69. The SMILES string of the molecule is COCO[C@H]1CC[C@@H]2[C@@H]3Cc4ccc(OC)c5c4[C@]2(CC3=NO)[C@@H]1O5. The van der Waals surface area contributed by atoms with Gasteiger partial charge in [0.05, 0.1) is 18.9 Å². The highest BCUT2D eigenvalue weighted by molar-refractivity contribution is 5.93. The van der Waals surface area contributed by atoms with E-state index in [4.69, 9.17) is 18.9 Å². The summed E-state index contributed by atoms with van der Waals surface area (Å²) in [5.74, 6) is 2.37. The van der Waals surface area contributed by atoms with Crippen LogP contribution in [0.3, 0.4) is 0 Å². The van der Waals surface area contributed by atoms with Crippen molar-refractivity contribution in [3.8, 4) is 11.5 Å². The minimum Gasteiger partial charge on any atom is -0.493 e. The second-order valence-electron chi connectivity index (χ2n) is 7.58. The zero-order chi connectivity index (χ0) is 17.2. The second kappa shape index (κ2) is 5.35. The molecule has 0 unspecified atom stereocenters. The highest BCUT2D eigenvalue weighted by Gasteiger charge is 2.68. The van der Waals surface area contributed by atoms with Gasteiger partial charge in [-0.05, 0) is 36.8 Å². The summed E-state index contributed by atoms with van der Waals surface area (Å²) < 4.78 is 23.2. The number of ether oxygens (including phenoxy) is 4. The number of nitrogens with zero attached hydrogens (tertiary/aromatic N) is 1. The molecule has 1 aromatic carbocycles. The molecule has 1 heterocycles. The van der Waals surface area contributed by atoms with Crippen molar-refractivity contribution in [2.75, 3.05) is 21.0 Å². The topological polar surface area (TPSA) is 69.5 Å². The zero-order valence-electron chi connectivity index (χ0n) is 14.5. The van der Waals surface area contributed by atoms with Crippen LogP contribution >= 0.6 is 0 Å². The Kier molecular flexibility index (Phi) is 3.31. The molecule has 5 rings (SSSR count). The van der Waals surface area contributed by atoms with Crippen LogP contribution in [0.25, 0.3) is 0 Å². The van der Waals surface area contributed by atoms with Gasteiger partial charge >= 0.3 is 0 Å². The maximum absolute atomic E-state index is 9.62. The third kappa shape index (κ3) is 1.79. The number of hydrogen-bond acceptors (Lipinski definition) is 6. The van der Waals surface area contributed by atoms with Crippen LogP contribution in [-0.4, -0.2) is 44.1 Å². The second-order valence-corrected chi connectivity index (χ2v) is 7.58. The van der Waals surface area contributed by atoms with E-state index in [1.165, 1.54) is 11.1 Å². The molecule has 1 aromatic rings. The zero-order valence-corrected chi connectivity index (χ0v) is 14.5. The standard InChI is InChI=1S/C19H23NO5/c1-22-9-24-15-6-4-12-11-7-10-3-5-14(23-2)17-16(10)19(12,18(15)25-17)8-13(11)20-21/h3,5,11-12,15,18,21H,4,6-9H2,1-2H3/t11-,12+,15-,18+,19+/m0/s1. The molecular weight excluding hydrogens is 322 g/mol. The van der Waals surface area contributed by atoms with E-state index in [1.807, 2.05) is 6.07 Å². The lowest BCUT2D eigenvalue weighted by Gasteiger charge is -2.47. The summed E-state index contributed by atoms with van der Waals surface area (Å²) in [6, 6.07) is 4.14. The lowest BCUT2D eigenvalue weighted by molar-refractivity contribution is -0.139. The molecule has 0 aromatic heterocycles. The van der Waals surface area contributed by atoms with Crippen molar-refractivity contribution in [1.29, 1.82) is 0 Å². The molecule has 2 saturated carbocycles. The maximum Gasteiger partial charge on any atom is 0.165 e. The first kappa shape index (κ1) is 15.5. The molecule has 5 atom stereocenters. The minimum absolute atomic E-state index is 0.0297. The number of benzene rings is 1. The summed E-state index contributed by atoms with van der Waals surface area (Å²) in [5, 5.41) is 13.3. The van der Waals surface area contributed by atoms with Gasteiger partial charge in [-0.3, -0.25) is 0 Å². The van der Waals surface area contributed by atoms with Gasteiger partial charge in [-0.2, -0.15) is 0 Å². The first-order chi connectivity index (χ1) is 12.2. The number of hydrogen-bond donors (Lipinski definition) is 1. The van der Waals surface area contributed by atoms with Crippen LogP contribution in [-0.2, 0) is 21.3 Å². The predicted molar refractivity (Wildman–Crippen MR) is 89.6 cm³/mol. The number of methoxy groups -OCH3 is 2. The Morgan fingerprint density at radius 1 is 1.32 bits per heavy atom. The molecule has 2 fully saturated rings. The van der Waals surface area contributed by atoms with E-state index in [9.17, 15) is 5.21 Å². The molecule has 0 radical (unpaired) electrons. The van der Waals surface area contributed by atoms with E-state index in [0.717, 1.165) is 42.9 Å². The van der Waals surface area contributed by atoms with Gasteiger partial charge in [-0.15, -0.1) is 0 Å². The summed E-state index contributed by atoms with van der Waals surface area (Å²) in [4.78, 5) is 0. The predicted octanol–water partition coefficient (Wildman–Crippen LogP) is 2.50. The normalized spacial score (nSPS) is 38.6. The Morgan fingerprint density at radius 3 is 2.96 bits per heavy atom. The van der Waals surface area contributed by atoms with Gasteiger partial charge in [0.15, 0.2) is 11.5 Å². The largest absolute Gasteiger partial charge is 0.493 e. The summed E-state index contributed by atoms with van der Waals surface area (Å²) in [6.45, 7) is 0.260. The van der Waals surface area contributed by atoms with Gasteiger partial charge in [-0.1, -0.05) is 11.2 Å². The molecule has 0 saturated heterocycles. The van der Waals surface area contributed by atoms with Gasteiger partial charge in [0.25, 0.3) is 0 Å². The van der Waals surface area contributed by atoms with Crippen LogP contribution in [0.5, 0.6) is 11.5 Å². The fourth-order valence-corrected chi connectivity index (χ4v) is 5.97. The van der Waals surface area contributed by atoms with Crippen molar-refractivity contribution in [2.45, 2.75) is 43.3 Å². The van der Waals surface area contributed by atoms with Crippen molar-refractivity contribution >= 4 is 5.71 Å². The quantitative estimate of drug-likeness (QED) is 0.516. The summed E-state index contributed by atoms with van der Waals surface area (Å²) in [7, 11) is 3.32. The van der Waals surface area contributed by atoms with Crippen LogP contribution in [0.1, 0.15) is 30.4 Å². The van der Waals surface area contributed by atoms with Gasteiger partial charge < -0.3 is 24.2 Å². The molecule has 1 spiro atoms. The van der Waals surface area contributed by atoms with Crippen molar-refractivity contribution in [1.82, 2.24) is 0 Å². The summed E-state index contributed by atoms with van der Waals surface area (Å²) in [5.41, 5.74) is 3.31. The van der Waals surface area contributed by atoms with E-state index in [0.29, 0.717) is 11.8 Å². The molecule has 2 bridgehead atoms. The molecule has 1 N–H and O–H groups in total. The monoisotopic (exact) mass is 345 g/mol. The molecule has 6 heteroatoms. The lowest BCUT2D eigenvalue weighted by Crippen LogP contribution is -2.55. The molecule has 6 nitrogen and oxygen atoms in total. The molecule has 134 valence electrons. The van der Waals surface area contributed by atoms with E-state index in [1.54, 1.807) is 14.2 Å². The molecule has 1 aliphatic heterocycles. The van der Waals surface area contributed by atoms with E-state index < -0.39 is 0 Å². The van der Waals surface area contributed by atoms with E-state index >= 15 is 0 Å². The molecule has 3 aliphatic carbocycles. The fraction of sp³-hybridized carbons (Fsp3) is 0.632. The fourth-order valence-electron chi connectivity index (χ4n) is 5.97. The average Bonchev–Trinajstić information content (AvgIpc) is 3.10. The van der Waals surface area contributed by atoms with Gasteiger partial charge in [-0.25, -0.2) is 0 Å². The Hall–Kier alpha value is -1.79. The maximum atomic E-state index is 9.62. The summed E-state index contributed by atoms with van der Waals surface area (Å²) >= 11 is 0. The third-order valence-corrected chi connectivity index (χ3v) is 6.76. The van der Waals surface area contributed by atoms with Crippen LogP contribution in [0, 0.1) is 11.8 Å².